The largest absolute Gasteiger partial charge is 0.204 e. The Balaban J connectivity index is 1.71. The fraction of sp³-hybridized carbons (Fsp3) is 0.667. The van der Waals surface area contributed by atoms with Crippen molar-refractivity contribution in [2.75, 3.05) is 0 Å². The van der Waals surface area contributed by atoms with E-state index in [0.29, 0.717) is 5.92 Å². The average Bonchev–Trinajstić information content (AvgIpc) is 2.50. The highest BCUT2D eigenvalue weighted by atomic mass is 28.2. The molecule has 0 unspecified atom stereocenters. The van der Waals surface area contributed by atoms with Crippen molar-refractivity contribution >= 4 is 9.52 Å². The lowest BCUT2D eigenvalue weighted by molar-refractivity contribution is 0.307. The molecule has 0 aliphatic heterocycles. The third kappa shape index (κ3) is 5.21. The van der Waals surface area contributed by atoms with E-state index in [4.69, 9.17) is 0 Å². The van der Waals surface area contributed by atoms with Crippen LogP contribution < -0.4 is 0 Å². The van der Waals surface area contributed by atoms with Gasteiger partial charge in [0, 0.05) is 9.52 Å². The molecule has 1 aromatic rings. The Bertz CT molecular complexity index is 425. The van der Waals surface area contributed by atoms with Gasteiger partial charge in [-0.05, 0) is 55.2 Å². The Labute approximate surface area is 130 Å². The van der Waals surface area contributed by atoms with E-state index in [1.807, 2.05) is 0 Å². The summed E-state index contributed by atoms with van der Waals surface area (Å²) in [5, 5.41) is 0. The standard InChI is InChI=1S/C18H28F2Si/c1-2-11-21-12-3-4-14-5-7-15(8-6-14)16-9-10-17(19)18(20)13-16/h9-10,13-15H,2-8,11-12,21H2,1H3/t14-,15-. The quantitative estimate of drug-likeness (QED) is 0.465. The van der Waals surface area contributed by atoms with Crippen molar-refractivity contribution in [3.63, 3.8) is 0 Å². The predicted molar refractivity (Wildman–Crippen MR) is 88.7 cm³/mol. The highest BCUT2D eigenvalue weighted by molar-refractivity contribution is 6.35. The average molecular weight is 311 g/mol. The summed E-state index contributed by atoms with van der Waals surface area (Å²) in [4.78, 5) is 0. The third-order valence-corrected chi connectivity index (χ3v) is 7.18. The number of hydrogen-bond donors (Lipinski definition) is 0. The van der Waals surface area contributed by atoms with Crippen LogP contribution in [0.3, 0.4) is 0 Å². The smallest absolute Gasteiger partial charge is 0.159 e. The normalized spacial score (nSPS) is 23.0. The van der Waals surface area contributed by atoms with Gasteiger partial charge in [0.2, 0.25) is 0 Å². The molecule has 0 atom stereocenters. The van der Waals surface area contributed by atoms with E-state index in [1.54, 1.807) is 6.07 Å². The van der Waals surface area contributed by atoms with Crippen LogP contribution in [0.4, 0.5) is 8.78 Å². The van der Waals surface area contributed by atoms with Crippen LogP contribution in [0.1, 0.15) is 63.4 Å². The Morgan fingerprint density at radius 3 is 2.48 bits per heavy atom. The molecular formula is C18H28F2Si. The highest BCUT2D eigenvalue weighted by Gasteiger charge is 2.22. The predicted octanol–water partition coefficient (Wildman–Crippen LogP) is 5.43. The first-order chi connectivity index (χ1) is 10.2. The summed E-state index contributed by atoms with van der Waals surface area (Å²) in [5.74, 6) is -0.118. The Hall–Kier alpha value is -0.703. The molecule has 0 saturated heterocycles. The van der Waals surface area contributed by atoms with Crippen LogP contribution >= 0.6 is 0 Å². The molecule has 118 valence electrons. The van der Waals surface area contributed by atoms with Crippen molar-refractivity contribution in [2.45, 2.75) is 69.9 Å². The summed E-state index contributed by atoms with van der Waals surface area (Å²) in [5.41, 5.74) is 0.989. The molecule has 1 aliphatic carbocycles. The fourth-order valence-electron chi connectivity index (χ4n) is 3.59. The molecular weight excluding hydrogens is 282 g/mol. The van der Waals surface area contributed by atoms with Gasteiger partial charge in [-0.1, -0.05) is 44.3 Å². The fourth-order valence-corrected chi connectivity index (χ4v) is 5.08. The first kappa shape index (κ1) is 16.7. The van der Waals surface area contributed by atoms with Crippen LogP contribution in [0.25, 0.3) is 0 Å². The van der Waals surface area contributed by atoms with E-state index in [0.717, 1.165) is 24.3 Å². The topological polar surface area (TPSA) is 0 Å². The molecule has 1 aliphatic rings. The maximum atomic E-state index is 13.3. The summed E-state index contributed by atoms with van der Waals surface area (Å²) in [7, 11) is 0.227. The minimum atomic E-state index is -0.733. The molecule has 0 nitrogen and oxygen atoms in total. The SMILES string of the molecule is CCC[SiH2]CCC[C@H]1CC[C@H](c2ccc(F)c(F)c2)CC1. The zero-order valence-electron chi connectivity index (χ0n) is 13.2. The molecule has 2 rings (SSSR count). The second-order valence-corrected chi connectivity index (χ2v) is 8.72. The molecule has 3 heteroatoms. The Kier molecular flexibility index (Phi) is 6.88. The Morgan fingerprint density at radius 2 is 1.81 bits per heavy atom. The molecule has 0 heterocycles. The zero-order chi connectivity index (χ0) is 15.1. The lowest BCUT2D eigenvalue weighted by atomic mass is 9.77. The van der Waals surface area contributed by atoms with Gasteiger partial charge in [-0.15, -0.1) is 0 Å². The van der Waals surface area contributed by atoms with Crippen molar-refractivity contribution in [3.05, 3.63) is 35.4 Å². The molecule has 1 aromatic carbocycles. The molecule has 0 N–H and O–H groups in total. The highest BCUT2D eigenvalue weighted by Crippen LogP contribution is 2.38. The monoisotopic (exact) mass is 310 g/mol. The minimum absolute atomic E-state index is 0.227. The Morgan fingerprint density at radius 1 is 1.05 bits per heavy atom. The summed E-state index contributed by atoms with van der Waals surface area (Å²) in [6.45, 7) is 2.28. The third-order valence-electron chi connectivity index (χ3n) is 4.98. The summed E-state index contributed by atoms with van der Waals surface area (Å²) >= 11 is 0. The van der Waals surface area contributed by atoms with E-state index in [2.05, 4.69) is 6.92 Å². The number of benzene rings is 1. The molecule has 0 spiro atoms. The second kappa shape index (κ2) is 8.67. The molecule has 0 bridgehead atoms. The van der Waals surface area contributed by atoms with Crippen molar-refractivity contribution in [3.8, 4) is 0 Å². The molecule has 1 saturated carbocycles. The molecule has 0 amide bonds. The van der Waals surface area contributed by atoms with Crippen LogP contribution in [-0.4, -0.2) is 9.52 Å². The lowest BCUT2D eigenvalue weighted by Crippen LogP contribution is -2.13. The maximum absolute atomic E-state index is 13.3. The first-order valence-corrected chi connectivity index (χ1v) is 10.7. The summed E-state index contributed by atoms with van der Waals surface area (Å²) in [6, 6.07) is 7.45. The minimum Gasteiger partial charge on any atom is -0.204 e. The zero-order valence-corrected chi connectivity index (χ0v) is 14.6. The van der Waals surface area contributed by atoms with Crippen molar-refractivity contribution in [2.24, 2.45) is 5.92 Å². The first-order valence-electron chi connectivity index (χ1n) is 8.65. The van der Waals surface area contributed by atoms with E-state index < -0.39 is 11.6 Å². The van der Waals surface area contributed by atoms with Gasteiger partial charge in [0.25, 0.3) is 0 Å². The van der Waals surface area contributed by atoms with Gasteiger partial charge in [-0.2, -0.15) is 0 Å². The van der Waals surface area contributed by atoms with Crippen molar-refractivity contribution in [1.82, 2.24) is 0 Å². The molecule has 0 radical (unpaired) electrons. The van der Waals surface area contributed by atoms with E-state index >= 15 is 0 Å². The van der Waals surface area contributed by atoms with Gasteiger partial charge in [-0.25, -0.2) is 8.78 Å². The van der Waals surface area contributed by atoms with E-state index in [1.165, 1.54) is 56.3 Å². The lowest BCUT2D eigenvalue weighted by Gasteiger charge is -2.29. The van der Waals surface area contributed by atoms with Gasteiger partial charge >= 0.3 is 0 Å². The van der Waals surface area contributed by atoms with Crippen molar-refractivity contribution < 1.29 is 8.78 Å². The number of halogens is 2. The summed E-state index contributed by atoms with van der Waals surface area (Å²) < 4.78 is 26.3. The molecule has 0 aromatic heterocycles. The summed E-state index contributed by atoms with van der Waals surface area (Å²) in [6.07, 6.45) is 8.99. The van der Waals surface area contributed by atoms with Crippen LogP contribution in [0.5, 0.6) is 0 Å². The van der Waals surface area contributed by atoms with Gasteiger partial charge in [-0.3, -0.25) is 0 Å². The van der Waals surface area contributed by atoms with Crippen molar-refractivity contribution in [1.29, 1.82) is 0 Å². The molecule has 1 fully saturated rings. The number of hydrogen-bond acceptors (Lipinski definition) is 0. The van der Waals surface area contributed by atoms with Gasteiger partial charge in [0.05, 0.1) is 0 Å². The van der Waals surface area contributed by atoms with Crippen LogP contribution in [0, 0.1) is 17.6 Å². The number of rotatable bonds is 7. The van der Waals surface area contributed by atoms with Crippen LogP contribution in [-0.2, 0) is 0 Å². The maximum Gasteiger partial charge on any atom is 0.159 e. The van der Waals surface area contributed by atoms with Gasteiger partial charge in [0.1, 0.15) is 0 Å². The van der Waals surface area contributed by atoms with Gasteiger partial charge in [0.15, 0.2) is 11.6 Å². The van der Waals surface area contributed by atoms with E-state index in [9.17, 15) is 8.78 Å². The molecule has 21 heavy (non-hydrogen) atoms. The van der Waals surface area contributed by atoms with Crippen LogP contribution in [0.2, 0.25) is 12.1 Å². The second-order valence-electron chi connectivity index (χ2n) is 6.59. The van der Waals surface area contributed by atoms with E-state index in [-0.39, 0.29) is 9.52 Å². The van der Waals surface area contributed by atoms with Crippen LogP contribution in [0.15, 0.2) is 18.2 Å². The van der Waals surface area contributed by atoms with Gasteiger partial charge < -0.3 is 0 Å².